The number of carbonyl (C=O) groups is 1. The highest BCUT2D eigenvalue weighted by atomic mass is 35.5. The second-order valence-electron chi connectivity index (χ2n) is 8.24. The molecular weight excluding hydrogens is 447 g/mol. The standard InChI is InChI=1S/C19H22Cl2N6O2S/c1-26-16(28)11-6-27(8-19(11,25-17(26)22)10-5-12(20)30-7-10)18-23-14(9-3-4-9)13(21)15(24-18)29-2/h5,9-11H,3-4,6-8H2,1-2H3,(H2,22,25)/t10?,11-,19+/m0/s1. The molecule has 0 aromatic carbocycles. The van der Waals surface area contributed by atoms with Crippen molar-refractivity contribution in [2.75, 3.05) is 37.9 Å². The Kier molecular flexibility index (Phi) is 4.83. The minimum absolute atomic E-state index is 0.0140. The lowest BCUT2D eigenvalue weighted by molar-refractivity contribution is -0.134. The zero-order chi connectivity index (χ0) is 21.2. The van der Waals surface area contributed by atoms with E-state index in [0.717, 1.165) is 28.7 Å². The molecule has 11 heteroatoms. The van der Waals surface area contributed by atoms with Crippen molar-refractivity contribution in [1.82, 2.24) is 20.2 Å². The quantitative estimate of drug-likeness (QED) is 0.700. The van der Waals surface area contributed by atoms with Crippen LogP contribution in [0.2, 0.25) is 5.02 Å². The van der Waals surface area contributed by atoms with Crippen LogP contribution in [0.25, 0.3) is 0 Å². The maximum absolute atomic E-state index is 13.2. The van der Waals surface area contributed by atoms with Crippen LogP contribution in [0.3, 0.4) is 0 Å². The normalized spacial score (nSPS) is 31.0. The van der Waals surface area contributed by atoms with Crippen molar-refractivity contribution in [2.24, 2.45) is 11.8 Å². The number of hydrogen-bond acceptors (Lipinski definition) is 7. The number of amides is 1. The van der Waals surface area contributed by atoms with Gasteiger partial charge in [0, 0.05) is 37.7 Å². The number of methoxy groups -OCH3 is 1. The molecule has 1 unspecified atom stereocenters. The predicted molar refractivity (Wildman–Crippen MR) is 118 cm³/mol. The fourth-order valence-corrected chi connectivity index (χ4v) is 6.27. The number of guanidine groups is 1. The summed E-state index contributed by atoms with van der Waals surface area (Å²) in [4.78, 5) is 25.9. The van der Waals surface area contributed by atoms with E-state index < -0.39 is 5.54 Å². The SMILES string of the molecule is COc1nc(N2C[C@H]3C(=O)N(C)C(=N)N[C@@]3(C3C=C(Cl)SC3)C2)nc(C2CC2)c1Cl. The van der Waals surface area contributed by atoms with Gasteiger partial charge in [0.15, 0.2) is 5.96 Å². The van der Waals surface area contributed by atoms with E-state index in [-0.39, 0.29) is 23.7 Å². The molecule has 8 nitrogen and oxygen atoms in total. The van der Waals surface area contributed by atoms with Crippen LogP contribution in [0.4, 0.5) is 5.95 Å². The third kappa shape index (κ3) is 3.05. The molecule has 1 aromatic heterocycles. The van der Waals surface area contributed by atoms with Gasteiger partial charge in [-0.25, -0.2) is 4.98 Å². The Morgan fingerprint density at radius 3 is 2.77 bits per heavy atom. The molecule has 5 rings (SSSR count). The van der Waals surface area contributed by atoms with Crippen molar-refractivity contribution in [3.63, 3.8) is 0 Å². The minimum atomic E-state index is -0.639. The summed E-state index contributed by atoms with van der Waals surface area (Å²) >= 11 is 14.3. The molecule has 1 saturated carbocycles. The number of fused-ring (bicyclic) bond motifs is 1. The molecule has 2 N–H and O–H groups in total. The third-order valence-corrected chi connectivity index (χ3v) is 8.21. The maximum Gasteiger partial charge on any atom is 0.237 e. The number of halogens is 2. The Morgan fingerprint density at radius 1 is 1.37 bits per heavy atom. The van der Waals surface area contributed by atoms with Crippen LogP contribution < -0.4 is 15.0 Å². The molecule has 0 spiro atoms. The summed E-state index contributed by atoms with van der Waals surface area (Å²) in [5, 5.41) is 12.1. The van der Waals surface area contributed by atoms with Crippen LogP contribution in [0.5, 0.6) is 5.88 Å². The van der Waals surface area contributed by atoms with Crippen molar-refractivity contribution < 1.29 is 9.53 Å². The van der Waals surface area contributed by atoms with E-state index in [9.17, 15) is 4.79 Å². The fourth-order valence-electron chi connectivity index (χ4n) is 4.62. The molecule has 0 bridgehead atoms. The van der Waals surface area contributed by atoms with Crippen LogP contribution in [-0.4, -0.2) is 65.3 Å². The summed E-state index contributed by atoms with van der Waals surface area (Å²) in [5.41, 5.74) is 0.172. The largest absolute Gasteiger partial charge is 0.480 e. The number of nitrogens with one attached hydrogen (secondary N) is 2. The van der Waals surface area contributed by atoms with Gasteiger partial charge in [0.25, 0.3) is 0 Å². The highest BCUT2D eigenvalue weighted by molar-refractivity contribution is 8.04. The Morgan fingerprint density at radius 2 is 2.13 bits per heavy atom. The molecule has 3 atom stereocenters. The van der Waals surface area contributed by atoms with E-state index in [0.29, 0.717) is 35.9 Å². The van der Waals surface area contributed by atoms with Crippen molar-refractivity contribution in [3.8, 4) is 5.88 Å². The van der Waals surface area contributed by atoms with E-state index in [4.69, 9.17) is 38.3 Å². The maximum atomic E-state index is 13.2. The number of ether oxygens (including phenoxy) is 1. The second kappa shape index (κ2) is 7.17. The van der Waals surface area contributed by atoms with Gasteiger partial charge in [-0.05, 0) is 12.8 Å². The van der Waals surface area contributed by atoms with Crippen molar-refractivity contribution in [1.29, 1.82) is 5.41 Å². The van der Waals surface area contributed by atoms with Crippen LogP contribution >= 0.6 is 35.0 Å². The van der Waals surface area contributed by atoms with E-state index in [2.05, 4.69) is 10.3 Å². The van der Waals surface area contributed by atoms with E-state index in [1.54, 1.807) is 25.9 Å². The first-order valence-electron chi connectivity index (χ1n) is 9.85. The molecule has 0 radical (unpaired) electrons. The average Bonchev–Trinajstić information content (AvgIpc) is 3.35. The third-order valence-electron chi connectivity index (χ3n) is 6.46. The summed E-state index contributed by atoms with van der Waals surface area (Å²) in [6, 6.07) is 0. The second-order valence-corrected chi connectivity index (χ2v) is 10.3. The van der Waals surface area contributed by atoms with Gasteiger partial charge in [-0.1, -0.05) is 29.3 Å². The van der Waals surface area contributed by atoms with Crippen molar-refractivity contribution >= 4 is 52.8 Å². The van der Waals surface area contributed by atoms with E-state index in [1.165, 1.54) is 4.90 Å². The van der Waals surface area contributed by atoms with Crippen LogP contribution in [0.1, 0.15) is 24.5 Å². The summed E-state index contributed by atoms with van der Waals surface area (Å²) in [6.07, 6.45) is 4.10. The summed E-state index contributed by atoms with van der Waals surface area (Å²) in [7, 11) is 3.17. The Bertz CT molecular complexity index is 971. The van der Waals surface area contributed by atoms with Crippen LogP contribution in [-0.2, 0) is 4.79 Å². The molecule has 1 aromatic rings. The number of carbonyl (C=O) groups excluding carboxylic acids is 1. The van der Waals surface area contributed by atoms with E-state index >= 15 is 0 Å². The average molecular weight is 469 g/mol. The van der Waals surface area contributed by atoms with Gasteiger partial charge in [0.1, 0.15) is 5.02 Å². The number of rotatable bonds is 4. The highest BCUT2D eigenvalue weighted by Gasteiger charge is 2.59. The predicted octanol–water partition coefficient (Wildman–Crippen LogP) is 2.63. The first kappa shape index (κ1) is 20.2. The van der Waals surface area contributed by atoms with Crippen molar-refractivity contribution in [2.45, 2.75) is 24.3 Å². The number of anilines is 1. The summed E-state index contributed by atoms with van der Waals surface area (Å²) < 4.78 is 6.14. The van der Waals surface area contributed by atoms with Gasteiger partial charge in [-0.15, -0.1) is 11.8 Å². The lowest BCUT2D eigenvalue weighted by atomic mass is 9.75. The Labute approximate surface area is 188 Å². The first-order chi connectivity index (χ1) is 14.3. The smallest absolute Gasteiger partial charge is 0.237 e. The van der Waals surface area contributed by atoms with Crippen LogP contribution in [0.15, 0.2) is 10.4 Å². The number of nitrogens with zero attached hydrogens (tertiary/aromatic N) is 4. The zero-order valence-corrected chi connectivity index (χ0v) is 18.9. The number of hydrogen-bond donors (Lipinski definition) is 2. The minimum Gasteiger partial charge on any atom is -0.480 e. The monoisotopic (exact) mass is 468 g/mol. The Balaban J connectivity index is 1.56. The lowest BCUT2D eigenvalue weighted by Gasteiger charge is -2.45. The van der Waals surface area contributed by atoms with Gasteiger partial charge < -0.3 is 15.0 Å². The highest BCUT2D eigenvalue weighted by Crippen LogP contribution is 2.48. The molecule has 1 aliphatic carbocycles. The van der Waals surface area contributed by atoms with Crippen molar-refractivity contribution in [3.05, 3.63) is 21.2 Å². The van der Waals surface area contributed by atoms with Gasteiger partial charge in [0.2, 0.25) is 17.7 Å². The lowest BCUT2D eigenvalue weighted by Crippen LogP contribution is -2.69. The Hall–Kier alpha value is -1.71. The molecule has 3 fully saturated rings. The molecular formula is C19H22Cl2N6O2S. The van der Waals surface area contributed by atoms with Gasteiger partial charge in [-0.3, -0.25) is 15.1 Å². The van der Waals surface area contributed by atoms with Gasteiger partial charge in [0.05, 0.1) is 28.6 Å². The van der Waals surface area contributed by atoms with E-state index in [1.807, 2.05) is 11.0 Å². The number of thioether (sulfide) groups is 1. The fraction of sp³-hybridized carbons (Fsp3) is 0.579. The molecule has 160 valence electrons. The topological polar surface area (TPSA) is 94.4 Å². The van der Waals surface area contributed by atoms with Gasteiger partial charge >= 0.3 is 0 Å². The molecule has 1 amide bonds. The molecule has 2 saturated heterocycles. The first-order valence-corrected chi connectivity index (χ1v) is 11.6. The molecule has 4 heterocycles. The molecule has 3 aliphatic heterocycles. The van der Waals surface area contributed by atoms with Crippen LogP contribution in [0, 0.1) is 17.2 Å². The summed E-state index contributed by atoms with van der Waals surface area (Å²) in [6.45, 7) is 0.936. The summed E-state index contributed by atoms with van der Waals surface area (Å²) in [5.74, 6) is 1.65. The number of aromatic nitrogens is 2. The van der Waals surface area contributed by atoms with Gasteiger partial charge in [-0.2, -0.15) is 4.98 Å². The molecule has 4 aliphatic rings. The zero-order valence-electron chi connectivity index (χ0n) is 16.6. The molecule has 30 heavy (non-hydrogen) atoms.